The van der Waals surface area contributed by atoms with Crippen LogP contribution in [0.1, 0.15) is 0 Å². The average molecular weight is 176 g/mol. The zero-order valence-electron chi connectivity index (χ0n) is 6.19. The van der Waals surface area contributed by atoms with Gasteiger partial charge in [0.2, 0.25) is 0 Å². The number of rotatable bonds is 3. The maximum atomic E-state index is 9.20. The van der Waals surface area contributed by atoms with Crippen LogP contribution in [0.25, 0.3) is 0 Å². The third-order valence-corrected chi connectivity index (χ3v) is 1.97. The van der Waals surface area contributed by atoms with Gasteiger partial charge < -0.3 is 18.9 Å². The fourth-order valence-corrected chi connectivity index (χ4v) is 1.37. The minimum Gasteiger partial charge on any atom is -0.388 e. The van der Waals surface area contributed by atoms with E-state index in [0.717, 1.165) is 0 Å². The lowest BCUT2D eigenvalue weighted by atomic mass is 9.94. The van der Waals surface area contributed by atoms with E-state index in [-0.39, 0.29) is 15.6 Å². The molecule has 1 rings (SSSR count). The molecule has 0 aromatic heterocycles. The minimum atomic E-state index is -0.632. The Morgan fingerprint density at radius 2 is 2.45 bits per heavy atom. The van der Waals surface area contributed by atoms with Crippen LogP contribution in [0, 0.1) is 0 Å². The molecule has 0 aromatic carbocycles. The van der Waals surface area contributed by atoms with E-state index in [1.165, 1.54) is 7.11 Å². The van der Waals surface area contributed by atoms with Gasteiger partial charge in [-0.15, -0.1) is 0 Å². The molecule has 0 amide bonds. The number of ether oxygens (including phenoxy) is 1. The van der Waals surface area contributed by atoms with E-state index in [0.29, 0.717) is 0 Å². The summed E-state index contributed by atoms with van der Waals surface area (Å²) >= 11 is 0. The number of hydrogen-bond donors (Lipinski definition) is 1. The summed E-state index contributed by atoms with van der Waals surface area (Å²) in [7, 11) is 6.87. The molecule has 0 bridgehead atoms. The molecule has 1 heterocycles. The van der Waals surface area contributed by atoms with Crippen molar-refractivity contribution in [2.45, 2.75) is 18.2 Å². The molecule has 4 nitrogen and oxygen atoms in total. The minimum absolute atomic E-state index is 0.0992. The number of hydrogen-bond acceptors (Lipinski definition) is 4. The third kappa shape index (κ3) is 2.39. The molecule has 11 heavy (non-hydrogen) atoms. The molecule has 1 aliphatic rings. The zero-order valence-corrected chi connectivity index (χ0v) is 7.19. The van der Waals surface area contributed by atoms with Crippen molar-refractivity contribution in [1.82, 2.24) is 0 Å². The molecular formula is C5H10BO4P. The molecular weight excluding hydrogens is 166 g/mol. The molecule has 4 unspecified atom stereocenters. The number of aliphatic hydroxyl groups excluding tert-OH is 1. The second kappa shape index (κ2) is 4.38. The van der Waals surface area contributed by atoms with Gasteiger partial charge in [-0.3, -0.25) is 0 Å². The van der Waals surface area contributed by atoms with E-state index in [1.54, 1.807) is 0 Å². The van der Waals surface area contributed by atoms with Gasteiger partial charge in [0.05, 0.1) is 6.61 Å². The Morgan fingerprint density at radius 1 is 1.73 bits per heavy atom. The van der Waals surface area contributed by atoms with Crippen LogP contribution in [0.3, 0.4) is 0 Å². The topological polar surface area (TPSA) is 47.9 Å². The SMILES string of the molecule is [B]C1OCC(O)C1OPOC. The molecule has 0 aromatic rings. The maximum Gasteiger partial charge on any atom is 0.155 e. The van der Waals surface area contributed by atoms with E-state index < -0.39 is 18.2 Å². The Bertz CT molecular complexity index is 115. The predicted molar refractivity (Wildman–Crippen MR) is 41.7 cm³/mol. The first-order valence-corrected chi connectivity index (χ1v) is 4.06. The van der Waals surface area contributed by atoms with Crippen molar-refractivity contribution in [2.24, 2.45) is 0 Å². The van der Waals surface area contributed by atoms with Crippen molar-refractivity contribution in [1.29, 1.82) is 0 Å². The van der Waals surface area contributed by atoms with Gasteiger partial charge in [0.1, 0.15) is 20.1 Å². The Morgan fingerprint density at radius 3 is 2.91 bits per heavy atom. The summed E-state index contributed by atoms with van der Waals surface area (Å²) < 4.78 is 14.7. The lowest BCUT2D eigenvalue weighted by Gasteiger charge is -2.16. The first-order valence-electron chi connectivity index (χ1n) is 3.24. The quantitative estimate of drug-likeness (QED) is 0.461. The Labute approximate surface area is 68.6 Å². The van der Waals surface area contributed by atoms with Crippen molar-refractivity contribution in [2.75, 3.05) is 13.7 Å². The van der Waals surface area contributed by atoms with Crippen molar-refractivity contribution in [3.63, 3.8) is 0 Å². The summed E-state index contributed by atoms with van der Waals surface area (Å²) in [6.45, 7) is 0.236. The molecule has 62 valence electrons. The normalized spacial score (nSPS) is 38.9. The summed E-state index contributed by atoms with van der Waals surface area (Å²) in [6, 6.07) is -0.535. The summed E-state index contributed by atoms with van der Waals surface area (Å²) in [6.07, 6.45) is -1.08. The monoisotopic (exact) mass is 176 g/mol. The lowest BCUT2D eigenvalue weighted by molar-refractivity contribution is 0.0717. The zero-order chi connectivity index (χ0) is 8.27. The van der Waals surface area contributed by atoms with Gasteiger partial charge in [0.25, 0.3) is 0 Å². The van der Waals surface area contributed by atoms with Crippen molar-refractivity contribution in [3.05, 3.63) is 0 Å². The van der Waals surface area contributed by atoms with Gasteiger partial charge in [-0.1, -0.05) is 0 Å². The van der Waals surface area contributed by atoms with E-state index >= 15 is 0 Å². The first-order chi connectivity index (χ1) is 5.25. The van der Waals surface area contributed by atoms with Crippen LogP contribution in [0.15, 0.2) is 0 Å². The Hall–Kier alpha value is 0.335. The van der Waals surface area contributed by atoms with Gasteiger partial charge in [0.15, 0.2) is 9.03 Å². The van der Waals surface area contributed by atoms with Crippen LogP contribution < -0.4 is 0 Å². The highest BCUT2D eigenvalue weighted by Crippen LogP contribution is 2.23. The molecule has 1 fully saturated rings. The number of aliphatic hydroxyl groups is 1. The fraction of sp³-hybridized carbons (Fsp3) is 1.00. The van der Waals surface area contributed by atoms with Crippen molar-refractivity contribution in [3.8, 4) is 0 Å². The van der Waals surface area contributed by atoms with Gasteiger partial charge in [-0.05, 0) is 0 Å². The highest BCUT2D eigenvalue weighted by Gasteiger charge is 2.33. The van der Waals surface area contributed by atoms with Crippen LogP contribution >= 0.6 is 9.03 Å². The predicted octanol–water partition coefficient (Wildman–Crippen LogP) is -0.588. The Balaban J connectivity index is 2.29. The van der Waals surface area contributed by atoms with E-state index in [4.69, 9.17) is 17.1 Å². The van der Waals surface area contributed by atoms with Gasteiger partial charge in [-0.25, -0.2) is 0 Å². The standard InChI is InChI=1S/C5H10BO4P/c1-8-11-10-4-3(7)2-9-5(4)6/h3-5,7,11H,2H2,1H3. The van der Waals surface area contributed by atoms with Gasteiger partial charge >= 0.3 is 0 Å². The molecule has 6 heteroatoms. The summed E-state index contributed by atoms with van der Waals surface area (Å²) in [5.41, 5.74) is 0. The second-order valence-electron chi connectivity index (χ2n) is 2.24. The average Bonchev–Trinajstić information content (AvgIpc) is 2.29. The highest BCUT2D eigenvalue weighted by molar-refractivity contribution is 7.26. The molecule has 1 saturated heterocycles. The van der Waals surface area contributed by atoms with Crippen LogP contribution in [0.2, 0.25) is 0 Å². The van der Waals surface area contributed by atoms with Gasteiger partial charge in [0, 0.05) is 13.1 Å². The molecule has 0 aliphatic carbocycles. The lowest BCUT2D eigenvalue weighted by Crippen LogP contribution is -2.31. The van der Waals surface area contributed by atoms with Crippen LogP contribution in [0.4, 0.5) is 0 Å². The highest BCUT2D eigenvalue weighted by atomic mass is 31.1. The first kappa shape index (κ1) is 9.42. The molecule has 2 radical (unpaired) electrons. The van der Waals surface area contributed by atoms with E-state index in [9.17, 15) is 5.11 Å². The van der Waals surface area contributed by atoms with Crippen molar-refractivity contribution < 1.29 is 18.9 Å². The molecule has 1 N–H and O–H groups in total. The molecule has 4 atom stereocenters. The molecule has 0 spiro atoms. The fourth-order valence-electron chi connectivity index (χ4n) is 0.868. The molecule has 1 aliphatic heterocycles. The summed E-state index contributed by atoms with van der Waals surface area (Å²) in [5, 5.41) is 9.20. The van der Waals surface area contributed by atoms with E-state index in [1.807, 2.05) is 0 Å². The van der Waals surface area contributed by atoms with E-state index in [2.05, 4.69) is 4.52 Å². The summed E-state index contributed by atoms with van der Waals surface area (Å²) in [5.74, 6) is 0. The second-order valence-corrected chi connectivity index (χ2v) is 3.05. The van der Waals surface area contributed by atoms with Crippen molar-refractivity contribution >= 4 is 16.9 Å². The third-order valence-electron chi connectivity index (χ3n) is 1.43. The van der Waals surface area contributed by atoms with Crippen LogP contribution in [0.5, 0.6) is 0 Å². The maximum absolute atomic E-state index is 9.20. The Kier molecular flexibility index (Phi) is 3.75. The largest absolute Gasteiger partial charge is 0.388 e. The van der Waals surface area contributed by atoms with Crippen LogP contribution in [-0.2, 0) is 13.8 Å². The van der Waals surface area contributed by atoms with Crippen LogP contribution in [-0.4, -0.2) is 44.9 Å². The molecule has 0 saturated carbocycles. The summed E-state index contributed by atoms with van der Waals surface area (Å²) in [4.78, 5) is 0. The smallest absolute Gasteiger partial charge is 0.155 e. The van der Waals surface area contributed by atoms with Gasteiger partial charge in [-0.2, -0.15) is 0 Å².